The summed E-state index contributed by atoms with van der Waals surface area (Å²) < 4.78 is 0. The number of hydrogen-bond donors (Lipinski definition) is 2. The van der Waals surface area contributed by atoms with E-state index in [0.717, 1.165) is 33.9 Å². The first-order valence-corrected chi connectivity index (χ1v) is 10.3. The zero-order valence-corrected chi connectivity index (χ0v) is 18.0. The Kier molecular flexibility index (Phi) is 6.73. The molecule has 0 fully saturated rings. The number of aromatic nitrogens is 4. The van der Waals surface area contributed by atoms with Crippen LogP contribution in [0.5, 0.6) is 0 Å². The van der Waals surface area contributed by atoms with E-state index in [9.17, 15) is 4.79 Å². The highest BCUT2D eigenvalue weighted by Gasteiger charge is 2.13. The Hall–Kier alpha value is -4.49. The first-order chi connectivity index (χ1) is 16.3. The molecule has 7 nitrogen and oxygen atoms in total. The van der Waals surface area contributed by atoms with Gasteiger partial charge >= 0.3 is 0 Å². The Morgan fingerprint density at radius 1 is 0.788 bits per heavy atom. The maximum Gasteiger partial charge on any atom is 0.163 e. The third kappa shape index (κ3) is 4.73. The lowest BCUT2D eigenvalue weighted by Gasteiger charge is -2.13. The monoisotopic (exact) mass is 434 g/mol. The van der Waals surface area contributed by atoms with Gasteiger partial charge in [0.2, 0.25) is 0 Å². The van der Waals surface area contributed by atoms with Gasteiger partial charge in [-0.1, -0.05) is 24.3 Å². The van der Waals surface area contributed by atoms with Crippen LogP contribution in [0.15, 0.2) is 91.5 Å². The molecule has 0 unspecified atom stereocenters. The standard InChI is InChI=1S/C25H17N5O.CH5N/c31-16-20-5-1-2-8-22(20)28-25-21-13-17(18-6-3-11-26-14-18)9-10-23(21)29-24(30-25)19-7-4-12-27-15-19;1-2/h1-16H,(H,28,29,30);2H2,1H3. The Balaban J connectivity index is 0.00000126. The number of para-hydroxylation sites is 1. The van der Waals surface area contributed by atoms with Crippen LogP contribution in [-0.4, -0.2) is 33.3 Å². The van der Waals surface area contributed by atoms with E-state index >= 15 is 0 Å². The van der Waals surface area contributed by atoms with Gasteiger partial charge in [-0.25, -0.2) is 9.97 Å². The summed E-state index contributed by atoms with van der Waals surface area (Å²) in [7, 11) is 1.50. The fraction of sp³-hybridized carbons (Fsp3) is 0.0385. The maximum atomic E-state index is 11.5. The topological polar surface area (TPSA) is 107 Å². The molecule has 0 bridgehead atoms. The van der Waals surface area contributed by atoms with Gasteiger partial charge in [0, 0.05) is 46.9 Å². The van der Waals surface area contributed by atoms with Crippen molar-refractivity contribution in [3.05, 3.63) is 97.1 Å². The summed E-state index contributed by atoms with van der Waals surface area (Å²) in [6.45, 7) is 0. The van der Waals surface area contributed by atoms with Crippen LogP contribution < -0.4 is 11.1 Å². The molecule has 0 aliphatic heterocycles. The fourth-order valence-corrected chi connectivity index (χ4v) is 3.40. The number of nitrogens with zero attached hydrogens (tertiary/aromatic N) is 4. The highest BCUT2D eigenvalue weighted by atomic mass is 16.1. The number of fused-ring (bicyclic) bond motifs is 1. The number of hydrogen-bond acceptors (Lipinski definition) is 7. The molecule has 0 aliphatic carbocycles. The zero-order valence-electron chi connectivity index (χ0n) is 18.0. The van der Waals surface area contributed by atoms with Gasteiger partial charge in [-0.3, -0.25) is 14.8 Å². The van der Waals surface area contributed by atoms with Crippen molar-refractivity contribution in [1.82, 2.24) is 19.9 Å². The Labute approximate surface area is 191 Å². The van der Waals surface area contributed by atoms with Crippen molar-refractivity contribution in [2.75, 3.05) is 12.4 Å². The van der Waals surface area contributed by atoms with E-state index in [1.807, 2.05) is 66.9 Å². The van der Waals surface area contributed by atoms with Crippen LogP contribution in [-0.2, 0) is 0 Å². The summed E-state index contributed by atoms with van der Waals surface area (Å²) in [5, 5.41) is 4.18. The van der Waals surface area contributed by atoms with Crippen molar-refractivity contribution < 1.29 is 4.79 Å². The van der Waals surface area contributed by atoms with Crippen LogP contribution in [0.1, 0.15) is 10.4 Å². The van der Waals surface area contributed by atoms with Crippen LogP contribution in [0, 0.1) is 0 Å². The van der Waals surface area contributed by atoms with Crippen molar-refractivity contribution in [3.8, 4) is 22.5 Å². The van der Waals surface area contributed by atoms with Gasteiger partial charge in [-0.05, 0) is 55.1 Å². The smallest absolute Gasteiger partial charge is 0.163 e. The second kappa shape index (κ2) is 10.2. The third-order valence-corrected chi connectivity index (χ3v) is 4.95. The van der Waals surface area contributed by atoms with Crippen LogP contribution in [0.2, 0.25) is 0 Å². The molecule has 3 aromatic heterocycles. The normalized spacial score (nSPS) is 10.2. The minimum Gasteiger partial charge on any atom is -0.339 e. The number of benzene rings is 2. The Morgan fingerprint density at radius 3 is 2.21 bits per heavy atom. The van der Waals surface area contributed by atoms with Crippen LogP contribution >= 0.6 is 0 Å². The molecule has 3 N–H and O–H groups in total. The van der Waals surface area contributed by atoms with E-state index in [1.54, 1.807) is 24.7 Å². The van der Waals surface area contributed by atoms with Crippen LogP contribution in [0.25, 0.3) is 33.4 Å². The van der Waals surface area contributed by atoms with Gasteiger partial charge < -0.3 is 11.1 Å². The average molecular weight is 435 g/mol. The maximum absolute atomic E-state index is 11.5. The molecule has 33 heavy (non-hydrogen) atoms. The van der Waals surface area contributed by atoms with Gasteiger partial charge in [0.1, 0.15) is 5.82 Å². The molecule has 0 amide bonds. The molecule has 0 radical (unpaired) electrons. The Morgan fingerprint density at radius 2 is 1.52 bits per heavy atom. The molecular formula is C26H22N6O. The van der Waals surface area contributed by atoms with Crippen molar-refractivity contribution >= 4 is 28.7 Å². The van der Waals surface area contributed by atoms with E-state index in [0.29, 0.717) is 22.9 Å². The fourth-order valence-electron chi connectivity index (χ4n) is 3.40. The molecule has 3 heterocycles. The number of carbonyl (C=O) groups is 1. The summed E-state index contributed by atoms with van der Waals surface area (Å²) in [6.07, 6.45) is 7.84. The van der Waals surface area contributed by atoms with Gasteiger partial charge in [-0.2, -0.15) is 0 Å². The predicted octanol–water partition coefficient (Wildman–Crippen LogP) is 4.88. The van der Waals surface area contributed by atoms with Crippen molar-refractivity contribution in [2.45, 2.75) is 0 Å². The minimum absolute atomic E-state index is 0.556. The quantitative estimate of drug-likeness (QED) is 0.380. The first-order valence-electron chi connectivity index (χ1n) is 10.3. The molecule has 5 aromatic rings. The number of nitrogens with two attached hydrogens (primary N) is 1. The molecule has 0 saturated carbocycles. The van der Waals surface area contributed by atoms with Crippen LogP contribution in [0.4, 0.5) is 11.5 Å². The molecule has 5 rings (SSSR count). The summed E-state index contributed by atoms with van der Waals surface area (Å²) in [5.41, 5.74) is 9.34. The largest absolute Gasteiger partial charge is 0.339 e. The molecule has 162 valence electrons. The van der Waals surface area contributed by atoms with Crippen LogP contribution in [0.3, 0.4) is 0 Å². The number of aldehydes is 1. The average Bonchev–Trinajstić information content (AvgIpc) is 2.91. The lowest BCUT2D eigenvalue weighted by atomic mass is 10.0. The number of rotatable bonds is 5. The van der Waals surface area contributed by atoms with Crippen molar-refractivity contribution in [1.29, 1.82) is 0 Å². The number of pyridine rings is 2. The third-order valence-electron chi connectivity index (χ3n) is 4.95. The molecule has 0 aliphatic rings. The lowest BCUT2D eigenvalue weighted by Crippen LogP contribution is -2.01. The molecule has 7 heteroatoms. The van der Waals surface area contributed by atoms with E-state index < -0.39 is 0 Å². The van der Waals surface area contributed by atoms with Gasteiger partial charge in [0.15, 0.2) is 12.1 Å². The number of anilines is 2. The second-order valence-electron chi connectivity index (χ2n) is 6.94. The highest BCUT2D eigenvalue weighted by molar-refractivity contribution is 5.96. The van der Waals surface area contributed by atoms with E-state index in [2.05, 4.69) is 21.0 Å². The van der Waals surface area contributed by atoms with Crippen molar-refractivity contribution in [2.24, 2.45) is 5.73 Å². The Bertz CT molecular complexity index is 1370. The summed E-state index contributed by atoms with van der Waals surface area (Å²) in [6, 6.07) is 21.0. The van der Waals surface area contributed by atoms with Gasteiger partial charge in [0.05, 0.1) is 11.2 Å². The molecule has 2 aromatic carbocycles. The molecule has 0 spiro atoms. The number of carbonyl (C=O) groups excluding carboxylic acids is 1. The lowest BCUT2D eigenvalue weighted by molar-refractivity contribution is 0.112. The summed E-state index contributed by atoms with van der Waals surface area (Å²) >= 11 is 0. The van der Waals surface area contributed by atoms with Gasteiger partial charge in [-0.15, -0.1) is 0 Å². The van der Waals surface area contributed by atoms with Gasteiger partial charge in [0.25, 0.3) is 0 Å². The van der Waals surface area contributed by atoms with E-state index in [-0.39, 0.29) is 0 Å². The molecule has 0 saturated heterocycles. The van der Waals surface area contributed by atoms with E-state index in [4.69, 9.17) is 9.97 Å². The minimum atomic E-state index is 0.556. The predicted molar refractivity (Wildman–Crippen MR) is 131 cm³/mol. The van der Waals surface area contributed by atoms with Crippen molar-refractivity contribution in [3.63, 3.8) is 0 Å². The number of nitrogens with one attached hydrogen (secondary N) is 1. The summed E-state index contributed by atoms with van der Waals surface area (Å²) in [5.74, 6) is 1.17. The molecular weight excluding hydrogens is 412 g/mol. The van der Waals surface area contributed by atoms with E-state index in [1.165, 1.54) is 7.05 Å². The SMILES string of the molecule is CN.O=Cc1ccccc1Nc1nc(-c2cccnc2)nc2ccc(-c3cccnc3)cc12. The summed E-state index contributed by atoms with van der Waals surface area (Å²) in [4.78, 5) is 29.4. The highest BCUT2D eigenvalue weighted by Crippen LogP contribution is 2.31. The zero-order chi connectivity index (χ0) is 23.0. The first kappa shape index (κ1) is 21.7. The molecule has 0 atom stereocenters. The second-order valence-corrected chi connectivity index (χ2v) is 6.94.